The normalized spacial score (nSPS) is 14.5. The number of rotatable bonds is 3. The van der Waals surface area contributed by atoms with Gasteiger partial charge in [0.1, 0.15) is 0 Å². The number of amides is 2. The molecule has 1 aliphatic rings. The van der Waals surface area contributed by atoms with Gasteiger partial charge in [0.25, 0.3) is 0 Å². The van der Waals surface area contributed by atoms with Gasteiger partial charge in [0.2, 0.25) is 0 Å². The van der Waals surface area contributed by atoms with Gasteiger partial charge in [-0.15, -0.1) is 0 Å². The van der Waals surface area contributed by atoms with E-state index < -0.39 is 11.8 Å². The highest BCUT2D eigenvalue weighted by atomic mass is 35.5. The molecule has 1 fully saturated rings. The van der Waals surface area contributed by atoms with E-state index in [9.17, 15) is 9.59 Å². The number of nitrogens with zero attached hydrogens (tertiary/aromatic N) is 3. The second-order valence-electron chi connectivity index (χ2n) is 6.84. The second-order valence-corrected chi connectivity index (χ2v) is 7.71. The van der Waals surface area contributed by atoms with Gasteiger partial charge in [0, 0.05) is 45.8 Å². The molecule has 2 aromatic rings. The summed E-state index contributed by atoms with van der Waals surface area (Å²) in [5.74, 6) is -1.25. The summed E-state index contributed by atoms with van der Waals surface area (Å²) in [4.78, 5) is 25.7. The van der Waals surface area contributed by atoms with Crippen molar-refractivity contribution in [1.29, 1.82) is 0 Å². The van der Waals surface area contributed by atoms with Crippen LogP contribution in [0.15, 0.2) is 29.4 Å². The van der Waals surface area contributed by atoms with Crippen LogP contribution in [-0.2, 0) is 9.59 Å². The Kier molecular flexibility index (Phi) is 6.42. The summed E-state index contributed by atoms with van der Waals surface area (Å²) in [5.41, 5.74) is 5.87. The van der Waals surface area contributed by atoms with Crippen molar-refractivity contribution in [2.24, 2.45) is 5.10 Å². The van der Waals surface area contributed by atoms with Crippen LogP contribution in [0.2, 0.25) is 10.0 Å². The van der Waals surface area contributed by atoms with E-state index in [0.717, 1.165) is 41.9 Å². The fourth-order valence-corrected chi connectivity index (χ4v) is 3.95. The zero-order valence-electron chi connectivity index (χ0n) is 15.8. The summed E-state index contributed by atoms with van der Waals surface area (Å²) in [7, 11) is 0. The van der Waals surface area contributed by atoms with E-state index in [4.69, 9.17) is 23.2 Å². The molecule has 0 unspecified atom stereocenters. The van der Waals surface area contributed by atoms with Gasteiger partial charge in [-0.3, -0.25) is 9.59 Å². The largest absolute Gasteiger partial charge is 0.334 e. The van der Waals surface area contributed by atoms with Crippen molar-refractivity contribution in [2.75, 3.05) is 13.1 Å². The number of hydrogen-bond acceptors (Lipinski definition) is 3. The highest BCUT2D eigenvalue weighted by molar-refractivity contribution is 6.35. The number of carbonyl (C=O) groups is 2. The van der Waals surface area contributed by atoms with Gasteiger partial charge in [-0.1, -0.05) is 23.2 Å². The molecule has 8 heteroatoms. The van der Waals surface area contributed by atoms with E-state index >= 15 is 0 Å². The maximum Gasteiger partial charge on any atom is 0.329 e. The summed E-state index contributed by atoms with van der Waals surface area (Å²) in [6, 6.07) is 7.27. The summed E-state index contributed by atoms with van der Waals surface area (Å²) < 4.78 is 2.00. The van der Waals surface area contributed by atoms with Crippen LogP contribution in [0.5, 0.6) is 0 Å². The molecule has 0 spiro atoms. The monoisotopic (exact) mass is 420 g/mol. The number of nitrogens with one attached hydrogen (secondary N) is 1. The number of aryl methyl sites for hydroxylation is 1. The third-order valence-corrected chi connectivity index (χ3v) is 5.22. The first-order valence-electron chi connectivity index (χ1n) is 9.14. The maximum absolute atomic E-state index is 12.1. The predicted molar refractivity (Wildman–Crippen MR) is 111 cm³/mol. The average Bonchev–Trinajstić information content (AvgIpc) is 2.94. The average molecular weight is 421 g/mol. The third kappa shape index (κ3) is 4.56. The molecule has 0 atom stereocenters. The lowest BCUT2D eigenvalue weighted by molar-refractivity contribution is -0.146. The Morgan fingerprint density at radius 2 is 1.68 bits per heavy atom. The molecule has 0 radical (unpaired) electrons. The fraction of sp³-hybridized carbons (Fsp3) is 0.350. The van der Waals surface area contributed by atoms with Crippen LogP contribution in [0.3, 0.4) is 0 Å². The van der Waals surface area contributed by atoms with Crippen LogP contribution in [-0.4, -0.2) is 40.6 Å². The Labute approximate surface area is 174 Å². The Hall–Kier alpha value is -2.31. The zero-order chi connectivity index (χ0) is 20.3. The van der Waals surface area contributed by atoms with Gasteiger partial charge in [-0.2, -0.15) is 5.10 Å². The van der Waals surface area contributed by atoms with Crippen LogP contribution >= 0.6 is 23.2 Å². The molecular weight excluding hydrogens is 399 g/mol. The molecule has 2 amide bonds. The topological polar surface area (TPSA) is 66.7 Å². The van der Waals surface area contributed by atoms with Crippen molar-refractivity contribution in [3.63, 3.8) is 0 Å². The molecule has 0 bridgehead atoms. The molecule has 1 aliphatic heterocycles. The van der Waals surface area contributed by atoms with Gasteiger partial charge < -0.3 is 9.47 Å². The Morgan fingerprint density at radius 1 is 1.04 bits per heavy atom. The molecule has 0 saturated carbocycles. The SMILES string of the molecule is Cc1cc(/C=N\NC(=O)C(=O)N2CCCCC2)c(C)n1-c1cc(Cl)cc(Cl)c1. The van der Waals surface area contributed by atoms with E-state index in [0.29, 0.717) is 23.1 Å². The highest BCUT2D eigenvalue weighted by Crippen LogP contribution is 2.26. The molecule has 148 valence electrons. The number of hydrogen-bond donors (Lipinski definition) is 1. The molecule has 6 nitrogen and oxygen atoms in total. The zero-order valence-corrected chi connectivity index (χ0v) is 17.3. The summed E-state index contributed by atoms with van der Waals surface area (Å²) in [6.07, 6.45) is 4.49. The van der Waals surface area contributed by atoms with Crippen molar-refractivity contribution < 1.29 is 9.59 Å². The first kappa shape index (κ1) is 20.4. The molecular formula is C20H22Cl2N4O2. The summed E-state index contributed by atoms with van der Waals surface area (Å²) >= 11 is 12.2. The third-order valence-electron chi connectivity index (χ3n) is 4.78. The molecule has 2 heterocycles. The number of carbonyl (C=O) groups excluding carboxylic acids is 2. The molecule has 1 aromatic heterocycles. The van der Waals surface area contributed by atoms with Gasteiger partial charge in [0.15, 0.2) is 0 Å². The predicted octanol–water partition coefficient (Wildman–Crippen LogP) is 3.86. The smallest absolute Gasteiger partial charge is 0.329 e. The Balaban J connectivity index is 1.72. The Morgan fingerprint density at radius 3 is 2.32 bits per heavy atom. The van der Waals surface area contributed by atoms with E-state index in [2.05, 4.69) is 10.5 Å². The maximum atomic E-state index is 12.1. The van der Waals surface area contributed by atoms with Crippen molar-refractivity contribution in [3.8, 4) is 5.69 Å². The standard InChI is InChI=1S/C20H22Cl2N4O2/c1-13-8-15(14(2)26(13)18-10-16(21)9-17(22)11-18)12-23-24-19(27)20(28)25-6-4-3-5-7-25/h8-12H,3-7H2,1-2H3,(H,24,27)/b23-12-. The lowest BCUT2D eigenvalue weighted by Gasteiger charge is -2.25. The number of benzene rings is 1. The lowest BCUT2D eigenvalue weighted by atomic mass is 10.1. The van der Waals surface area contributed by atoms with Crippen molar-refractivity contribution in [3.05, 3.63) is 51.3 Å². The van der Waals surface area contributed by atoms with Crippen molar-refractivity contribution in [1.82, 2.24) is 14.9 Å². The van der Waals surface area contributed by atoms with Crippen molar-refractivity contribution >= 4 is 41.2 Å². The van der Waals surface area contributed by atoms with E-state index in [1.165, 1.54) is 6.21 Å². The van der Waals surface area contributed by atoms with E-state index in [1.54, 1.807) is 11.0 Å². The minimum atomic E-state index is -0.714. The van der Waals surface area contributed by atoms with Crippen LogP contribution < -0.4 is 5.43 Å². The Bertz CT molecular complexity index is 910. The van der Waals surface area contributed by atoms with Crippen LogP contribution in [0.4, 0.5) is 0 Å². The van der Waals surface area contributed by atoms with Crippen LogP contribution in [0.1, 0.15) is 36.2 Å². The van der Waals surface area contributed by atoms with E-state index in [-0.39, 0.29) is 0 Å². The lowest BCUT2D eigenvalue weighted by Crippen LogP contribution is -2.43. The number of aromatic nitrogens is 1. The first-order valence-corrected chi connectivity index (χ1v) is 9.90. The van der Waals surface area contributed by atoms with Crippen LogP contribution in [0.25, 0.3) is 5.69 Å². The first-order chi connectivity index (χ1) is 13.4. The number of likely N-dealkylation sites (tertiary alicyclic amines) is 1. The minimum absolute atomic E-state index is 0.532. The summed E-state index contributed by atoms with van der Waals surface area (Å²) in [5, 5.41) is 5.06. The number of piperidine rings is 1. The van der Waals surface area contributed by atoms with Crippen molar-refractivity contribution in [2.45, 2.75) is 33.1 Å². The quantitative estimate of drug-likeness (QED) is 0.465. The highest BCUT2D eigenvalue weighted by Gasteiger charge is 2.22. The summed E-state index contributed by atoms with van der Waals surface area (Å²) in [6.45, 7) is 5.14. The molecule has 28 heavy (non-hydrogen) atoms. The molecule has 3 rings (SSSR count). The fourth-order valence-electron chi connectivity index (χ4n) is 3.43. The minimum Gasteiger partial charge on any atom is -0.334 e. The number of hydrazone groups is 1. The molecule has 1 saturated heterocycles. The van der Waals surface area contributed by atoms with Gasteiger partial charge >= 0.3 is 11.8 Å². The van der Waals surface area contributed by atoms with Gasteiger partial charge in [-0.05, 0) is 57.4 Å². The van der Waals surface area contributed by atoms with Crippen LogP contribution in [0, 0.1) is 13.8 Å². The van der Waals surface area contributed by atoms with Gasteiger partial charge in [-0.25, -0.2) is 5.43 Å². The molecule has 1 aromatic carbocycles. The second kappa shape index (κ2) is 8.80. The molecule has 1 N–H and O–H groups in total. The van der Waals surface area contributed by atoms with E-state index in [1.807, 2.05) is 36.6 Å². The van der Waals surface area contributed by atoms with Gasteiger partial charge in [0.05, 0.1) is 6.21 Å². The number of halogens is 2. The molecule has 0 aliphatic carbocycles.